The van der Waals surface area contributed by atoms with Gasteiger partial charge in [-0.05, 0) is 177 Å². The number of aromatic nitrogens is 5. The molecule has 0 radical (unpaired) electrons. The summed E-state index contributed by atoms with van der Waals surface area (Å²) in [5, 5.41) is 10.2. The molecule has 0 saturated heterocycles. The Kier molecular flexibility index (Phi) is 27.5. The number of anilines is 3. The van der Waals surface area contributed by atoms with Gasteiger partial charge in [0.25, 0.3) is 0 Å². The third kappa shape index (κ3) is 22.5. The van der Waals surface area contributed by atoms with Crippen LogP contribution in [0.5, 0.6) is 0 Å². The van der Waals surface area contributed by atoms with Crippen molar-refractivity contribution in [1.82, 2.24) is 24.9 Å². The monoisotopic (exact) mass is 1070 g/mol. The topological polar surface area (TPSA) is 223 Å². The average Bonchev–Trinajstić information content (AvgIpc) is 3.92. The summed E-state index contributed by atoms with van der Waals surface area (Å²) in [5.74, 6) is 3.19. The van der Waals surface area contributed by atoms with Crippen molar-refractivity contribution >= 4 is 48.6 Å². The third-order valence-corrected chi connectivity index (χ3v) is 15.5. The summed E-state index contributed by atoms with van der Waals surface area (Å²) in [5.41, 5.74) is 7.96. The minimum Gasteiger partial charge on any atom is -0.466 e. The van der Waals surface area contributed by atoms with Gasteiger partial charge in [0.2, 0.25) is 0 Å². The van der Waals surface area contributed by atoms with E-state index in [1.165, 1.54) is 69.4 Å². The van der Waals surface area contributed by atoms with Crippen molar-refractivity contribution in [2.75, 3.05) is 69.2 Å². The quantitative estimate of drug-likeness (QED) is 0.0302. The number of pyridine rings is 3. The molecule has 416 valence electrons. The molecule has 7 heterocycles. The molecule has 3 aliphatic heterocycles. The molecule has 17 nitrogen and oxygen atoms in total. The van der Waals surface area contributed by atoms with Gasteiger partial charge in [-0.2, -0.15) is 0 Å². The van der Waals surface area contributed by atoms with E-state index < -0.39 is 7.60 Å². The van der Waals surface area contributed by atoms with Crippen molar-refractivity contribution in [3.05, 3.63) is 94.0 Å². The van der Waals surface area contributed by atoms with E-state index in [-0.39, 0.29) is 42.0 Å². The SMILES string of the molecule is CCOC(=O)CC(CC(=O)CCCCc1ccc2c(n1)NCCCC2)c1cnc(C)nc1.CCOC(=O)CCCCc1ccc2c(n1)NCCCC2.COP(=O)(CC(=O)CCCCc1ccc2c(n1)NCCCC2)OC. The molecule has 0 bridgehead atoms. The highest BCUT2D eigenvalue weighted by molar-refractivity contribution is 7.54. The van der Waals surface area contributed by atoms with Crippen LogP contribution in [0.15, 0.2) is 48.8 Å². The lowest BCUT2D eigenvalue weighted by Crippen LogP contribution is -2.15. The van der Waals surface area contributed by atoms with Crippen molar-refractivity contribution in [2.24, 2.45) is 0 Å². The highest BCUT2D eigenvalue weighted by Gasteiger charge is 2.25. The lowest BCUT2D eigenvalue weighted by Gasteiger charge is -2.15. The molecule has 3 aliphatic rings. The van der Waals surface area contributed by atoms with Gasteiger partial charge in [0.15, 0.2) is 0 Å². The zero-order valence-corrected chi connectivity index (χ0v) is 47.0. The fourth-order valence-corrected chi connectivity index (χ4v) is 10.3. The van der Waals surface area contributed by atoms with Gasteiger partial charge in [-0.25, -0.2) is 24.9 Å². The van der Waals surface area contributed by atoms with Gasteiger partial charge in [-0.3, -0.25) is 23.7 Å². The van der Waals surface area contributed by atoms with E-state index in [1.807, 2.05) is 13.8 Å². The third-order valence-electron chi connectivity index (χ3n) is 13.6. The number of aryl methyl sites for hydroxylation is 7. The summed E-state index contributed by atoms with van der Waals surface area (Å²) < 4.78 is 31.5. The van der Waals surface area contributed by atoms with Crippen LogP contribution >= 0.6 is 7.60 Å². The first-order valence-corrected chi connectivity index (χ1v) is 29.6. The number of esters is 2. The Labute approximate surface area is 451 Å². The Morgan fingerprint density at radius 3 is 1.41 bits per heavy atom. The number of Topliss-reactive ketones (excluding diaryl/α,β-unsaturated/α-hetero) is 2. The maximum absolute atomic E-state index is 12.7. The lowest BCUT2D eigenvalue weighted by molar-refractivity contribution is -0.144. The number of hydrogen-bond donors (Lipinski definition) is 3. The number of carbonyl (C=O) groups excluding carboxylic acids is 4. The van der Waals surface area contributed by atoms with Crippen LogP contribution in [0, 0.1) is 6.92 Å². The van der Waals surface area contributed by atoms with Gasteiger partial charge < -0.3 is 34.5 Å². The second-order valence-electron chi connectivity index (χ2n) is 19.7. The number of hydrogen-bond acceptors (Lipinski definition) is 17. The average molecular weight is 1070 g/mol. The van der Waals surface area contributed by atoms with E-state index in [2.05, 4.69) is 62.3 Å². The fraction of sp³-hybridized carbons (Fsp3) is 0.603. The maximum Gasteiger partial charge on any atom is 0.337 e. The van der Waals surface area contributed by atoms with Crippen LogP contribution < -0.4 is 16.0 Å². The van der Waals surface area contributed by atoms with Gasteiger partial charge >= 0.3 is 19.5 Å². The smallest absolute Gasteiger partial charge is 0.337 e. The Bertz CT molecular complexity index is 2470. The van der Waals surface area contributed by atoms with Crippen LogP contribution in [0.3, 0.4) is 0 Å². The first-order valence-electron chi connectivity index (χ1n) is 27.9. The van der Waals surface area contributed by atoms with Crippen LogP contribution in [0.2, 0.25) is 0 Å². The van der Waals surface area contributed by atoms with E-state index in [0.717, 1.165) is 137 Å². The molecule has 3 N–H and O–H groups in total. The standard InChI is InChI=1S/C25H34N4O3.C17H27N2O4P.C16H24N2O2/c1-3-32-24(31)15-20(21-16-27-18(2)28-17-21)14-23(30)10-5-4-9-22-12-11-19-8-6-7-13-26-25(19)29-22;1-22-24(21,23-2)13-16(20)9-4-3-8-15-11-10-14-7-5-6-12-18-17(14)19-15;1-2-20-15(19)9-4-3-8-14-11-10-13-7-5-6-12-17-16(13)18-14/h11-12,16-17,20H,3-10,13-15H2,1-2H3,(H,26,29);10-11H,3-9,12-13H2,1-2H3,(H,18,19);10-11H,2-9,12H2,1H3,(H,17,18). The number of ketones is 2. The Morgan fingerprint density at radius 2 is 0.974 bits per heavy atom. The van der Waals surface area contributed by atoms with Gasteiger partial charge in [-0.15, -0.1) is 0 Å². The largest absolute Gasteiger partial charge is 0.466 e. The molecule has 4 aromatic heterocycles. The first kappa shape index (κ1) is 61.2. The molecule has 1 unspecified atom stereocenters. The second kappa shape index (κ2) is 34.2. The summed E-state index contributed by atoms with van der Waals surface area (Å²) in [6.45, 7) is 9.21. The summed E-state index contributed by atoms with van der Waals surface area (Å²) in [6, 6.07) is 12.9. The summed E-state index contributed by atoms with van der Waals surface area (Å²) >= 11 is 0. The molecule has 1 atom stereocenters. The molecular formula is C58H85N8O9P. The van der Waals surface area contributed by atoms with Gasteiger partial charge in [-0.1, -0.05) is 18.2 Å². The van der Waals surface area contributed by atoms with Crippen molar-refractivity contribution in [2.45, 2.75) is 174 Å². The minimum absolute atomic E-state index is 0.0846. The number of ether oxygens (including phenoxy) is 2. The molecule has 0 saturated carbocycles. The molecule has 4 aromatic rings. The van der Waals surface area contributed by atoms with Crippen LogP contribution in [-0.2, 0) is 80.8 Å². The van der Waals surface area contributed by atoms with Crippen LogP contribution in [0.4, 0.5) is 17.5 Å². The molecule has 0 spiro atoms. The molecule has 0 fully saturated rings. The highest BCUT2D eigenvalue weighted by Crippen LogP contribution is 2.46. The molecule has 0 aliphatic carbocycles. The predicted octanol–water partition coefficient (Wildman–Crippen LogP) is 11.0. The summed E-state index contributed by atoms with van der Waals surface area (Å²) in [4.78, 5) is 70.4. The van der Waals surface area contributed by atoms with Crippen LogP contribution in [0.1, 0.15) is 174 Å². The normalized spacial score (nSPS) is 14.2. The van der Waals surface area contributed by atoms with E-state index in [1.54, 1.807) is 19.3 Å². The Morgan fingerprint density at radius 1 is 0.553 bits per heavy atom. The predicted molar refractivity (Wildman–Crippen MR) is 298 cm³/mol. The minimum atomic E-state index is -3.23. The van der Waals surface area contributed by atoms with E-state index in [9.17, 15) is 23.7 Å². The van der Waals surface area contributed by atoms with Crippen molar-refractivity contribution in [1.29, 1.82) is 0 Å². The Balaban J connectivity index is 0.000000217. The second-order valence-corrected chi connectivity index (χ2v) is 22.0. The van der Waals surface area contributed by atoms with Crippen LogP contribution in [0.25, 0.3) is 0 Å². The van der Waals surface area contributed by atoms with E-state index in [4.69, 9.17) is 33.5 Å². The molecule has 76 heavy (non-hydrogen) atoms. The summed E-state index contributed by atoms with van der Waals surface area (Å²) in [6.07, 6.45) is 23.4. The van der Waals surface area contributed by atoms with Crippen LogP contribution in [-0.4, -0.2) is 102 Å². The van der Waals surface area contributed by atoms with Gasteiger partial charge in [0.1, 0.15) is 41.0 Å². The number of rotatable bonds is 26. The van der Waals surface area contributed by atoms with E-state index in [0.29, 0.717) is 44.7 Å². The van der Waals surface area contributed by atoms with Crippen molar-refractivity contribution in [3.8, 4) is 0 Å². The molecule has 7 rings (SSSR count). The van der Waals surface area contributed by atoms with Crippen molar-refractivity contribution in [3.63, 3.8) is 0 Å². The van der Waals surface area contributed by atoms with Gasteiger partial charge in [0.05, 0.1) is 19.6 Å². The molecule has 0 aromatic carbocycles. The maximum atomic E-state index is 12.7. The number of fused-ring (bicyclic) bond motifs is 3. The highest BCUT2D eigenvalue weighted by atomic mass is 31.2. The molecular weight excluding hydrogens is 984 g/mol. The fourth-order valence-electron chi connectivity index (χ4n) is 9.29. The Hall–Kier alpha value is -5.64. The molecule has 0 amide bonds. The number of unbranched alkanes of at least 4 members (excludes halogenated alkanes) is 3. The number of nitrogens with zero attached hydrogens (tertiary/aromatic N) is 5. The number of carbonyl (C=O) groups is 4. The van der Waals surface area contributed by atoms with E-state index >= 15 is 0 Å². The first-order chi connectivity index (χ1) is 36.9. The summed E-state index contributed by atoms with van der Waals surface area (Å²) in [7, 11) is -0.629. The number of nitrogens with one attached hydrogen (secondary N) is 3. The zero-order valence-electron chi connectivity index (χ0n) is 46.1. The molecule has 18 heteroatoms. The van der Waals surface area contributed by atoms with Gasteiger partial charge in [0, 0.05) is 94.9 Å². The zero-order chi connectivity index (χ0) is 54.4. The lowest BCUT2D eigenvalue weighted by atomic mass is 9.91. The van der Waals surface area contributed by atoms with Crippen molar-refractivity contribution < 1.29 is 42.3 Å².